The van der Waals surface area contributed by atoms with Gasteiger partial charge in [-0.3, -0.25) is 14.1 Å². The number of H-pyrrole nitrogens is 1. The van der Waals surface area contributed by atoms with Gasteiger partial charge in [0, 0.05) is 24.2 Å². The molecule has 8 rings (SSSR count). The Kier molecular flexibility index (Phi) is 21.5. The zero-order chi connectivity index (χ0) is 50.3. The first kappa shape index (κ1) is 63.0. The number of methoxy groups -OCH3 is 1. The molecule has 34 heteroatoms. The van der Waals surface area contributed by atoms with Crippen LogP contribution in [0.1, 0.15) is 0 Å². The van der Waals surface area contributed by atoms with Crippen molar-refractivity contribution in [1.82, 2.24) is 15.0 Å². The predicted octanol–water partition coefficient (Wildman–Crippen LogP) is -7.77. The van der Waals surface area contributed by atoms with Crippen molar-refractivity contribution in [2.45, 2.75) is 19.6 Å². The van der Waals surface area contributed by atoms with Gasteiger partial charge in [0.05, 0.1) is 52.9 Å². The number of ether oxygens (including phenoxy) is 2. The van der Waals surface area contributed by atoms with E-state index in [1.165, 1.54) is 43.5 Å². The summed E-state index contributed by atoms with van der Waals surface area (Å²) in [5, 5.41) is 44.6. The fourth-order valence-electron chi connectivity index (χ4n) is 6.92. The molecular weight excluding hydrogens is 1100 g/mol. The fourth-order valence-corrected chi connectivity index (χ4v) is 9.38. The first-order valence-electron chi connectivity index (χ1n) is 19.6. The summed E-state index contributed by atoms with van der Waals surface area (Å²) in [6.07, 6.45) is 0. The van der Waals surface area contributed by atoms with Crippen molar-refractivity contribution in [2.75, 3.05) is 43.6 Å². The molecule has 7 aromatic rings. The van der Waals surface area contributed by atoms with Crippen LogP contribution in [0.5, 0.6) is 17.2 Å². The van der Waals surface area contributed by atoms with E-state index in [2.05, 4.69) is 45.7 Å². The van der Waals surface area contributed by atoms with Gasteiger partial charge in [-0.15, -0.1) is 15.3 Å². The van der Waals surface area contributed by atoms with Crippen molar-refractivity contribution in [1.29, 1.82) is 0 Å². The van der Waals surface area contributed by atoms with E-state index in [1.54, 1.807) is 23.1 Å². The molecule has 1 fully saturated rings. The van der Waals surface area contributed by atoms with E-state index in [1.807, 2.05) is 0 Å². The van der Waals surface area contributed by atoms with Crippen LogP contribution in [0.4, 0.5) is 46.0 Å². The molecule has 0 atom stereocenters. The maximum absolute atomic E-state index is 14.2. The number of anilines is 3. The summed E-state index contributed by atoms with van der Waals surface area (Å²) in [6, 6.07) is 17.7. The van der Waals surface area contributed by atoms with Crippen LogP contribution in [-0.4, -0.2) is 100 Å². The number of morpholine rings is 1. The van der Waals surface area contributed by atoms with E-state index in [4.69, 9.17) is 9.47 Å². The van der Waals surface area contributed by atoms with Crippen molar-refractivity contribution in [3.63, 3.8) is 0 Å². The Morgan fingerprint density at radius 2 is 1.30 bits per heavy atom. The molecule has 0 unspecified atom stereocenters. The van der Waals surface area contributed by atoms with Crippen molar-refractivity contribution >= 4 is 108 Å². The summed E-state index contributed by atoms with van der Waals surface area (Å²) in [6.45, 7) is 1.03. The van der Waals surface area contributed by atoms with Crippen molar-refractivity contribution in [3.8, 4) is 17.2 Å². The number of aromatic amines is 1. The van der Waals surface area contributed by atoms with Crippen LogP contribution in [0.2, 0.25) is 0 Å². The molecule has 0 amide bonds. The number of rotatable bonds is 13. The van der Waals surface area contributed by atoms with E-state index in [-0.39, 0.29) is 184 Å². The molecule has 74 heavy (non-hydrogen) atoms. The first-order chi connectivity index (χ1) is 33.0. The molecule has 2 heterocycles. The molecule has 1 aliphatic rings. The summed E-state index contributed by atoms with van der Waals surface area (Å²) in [4.78, 5) is 13.8. The predicted molar refractivity (Wildman–Crippen MR) is 238 cm³/mol. The topological polar surface area (TPSA) is 406 Å². The first-order valence-corrected chi connectivity index (χ1v) is 25.3. The fraction of sp³-hybridized carbons (Fsp3) is 0.125. The quantitative estimate of drug-likeness (QED) is 0.0473. The number of hydrogen-bond acceptors (Lipinski definition) is 23. The molecule has 0 aliphatic carbocycles. The second kappa shape index (κ2) is 25.3. The Hall–Kier alpha value is -3.55. The van der Waals surface area contributed by atoms with Gasteiger partial charge in [0.2, 0.25) is 17.5 Å². The largest absolute Gasteiger partial charge is 1.00 e. The SMILES string of the molecule is COc1ccc(N=Nc2c(S(=O)(=O)O)cc3cc(Nc4nc(N5CCOCC5)[nH]c(=Nc5cc(S(=O)(=O)[O-])cc6cc(S(=O)(=O)O)c(N=Nc7ccccc7)c([O-])c56)n4)ccc3c2[O-])c(S(=O)(=O)[O-])c1.[Na+].[Na+].[Na+].[Na+]. The summed E-state index contributed by atoms with van der Waals surface area (Å²) in [5.74, 6) is -2.54. The molecule has 0 saturated carbocycles. The standard InChI is InChI=1S/C40H34N10O16S4.4Na/c1-65-25-8-10-28(30(19-25)68(56,57)58)47-49-34-31(69(59,60)61)17-21-15-24(7-9-27(21)36(34)51)41-38-43-39(45-40(44-38)50-11-13-66-14-12-50)42-29-20-26(67(53,54)55)16-22-18-32(70(62,63)64)35(37(52)33(22)29)48-46-23-5-3-2-4-6-23;;;;/h2-10,15-20,51-52H,11-14H2,1H3,(H,53,54,55)(H,56,57,58)(H,59,60,61)(H,62,63,64)(H2,41,42,43,44,45);;;;/q;4*+1/p-4. The minimum Gasteiger partial charge on any atom is -0.871 e. The van der Waals surface area contributed by atoms with E-state index in [9.17, 15) is 62.1 Å². The van der Waals surface area contributed by atoms with Gasteiger partial charge in [-0.1, -0.05) is 35.8 Å². The molecule has 6 aromatic carbocycles. The molecular formula is C40H30N10Na4O16S4. The van der Waals surface area contributed by atoms with Crippen LogP contribution < -0.4 is 149 Å². The number of nitrogens with zero attached hydrogens (tertiary/aromatic N) is 8. The Labute approximate surface area is 509 Å². The minimum absolute atomic E-state index is 0. The van der Waals surface area contributed by atoms with Crippen LogP contribution in [-0.2, 0) is 45.2 Å². The Bertz CT molecular complexity index is 3890. The third-order valence-electron chi connectivity index (χ3n) is 10.1. The molecule has 0 bridgehead atoms. The molecule has 1 aliphatic heterocycles. The van der Waals surface area contributed by atoms with Crippen molar-refractivity contribution in [3.05, 3.63) is 96.6 Å². The number of nitrogens with one attached hydrogen (secondary N) is 2. The van der Waals surface area contributed by atoms with Crippen molar-refractivity contribution in [2.24, 2.45) is 25.4 Å². The van der Waals surface area contributed by atoms with Crippen LogP contribution in [0.25, 0.3) is 21.5 Å². The van der Waals surface area contributed by atoms with E-state index >= 15 is 0 Å². The second-order valence-corrected chi connectivity index (χ2v) is 20.2. The molecule has 1 aromatic heterocycles. The summed E-state index contributed by atoms with van der Waals surface area (Å²) in [5.41, 5.74) is -3.09. The summed E-state index contributed by atoms with van der Waals surface area (Å²) in [7, 11) is -19.8. The van der Waals surface area contributed by atoms with Gasteiger partial charge in [-0.25, -0.2) is 21.8 Å². The molecule has 4 N–H and O–H groups in total. The summed E-state index contributed by atoms with van der Waals surface area (Å²) < 4.78 is 154. The van der Waals surface area contributed by atoms with Gasteiger partial charge in [-0.2, -0.15) is 31.9 Å². The average Bonchev–Trinajstić information content (AvgIpc) is 3.30. The van der Waals surface area contributed by atoms with Crippen LogP contribution in [0.15, 0.2) is 136 Å². The van der Waals surface area contributed by atoms with E-state index in [0.717, 1.165) is 30.3 Å². The third-order valence-corrected chi connectivity index (χ3v) is 13.5. The van der Waals surface area contributed by atoms with Crippen LogP contribution in [0, 0.1) is 0 Å². The second-order valence-electron chi connectivity index (χ2n) is 14.7. The van der Waals surface area contributed by atoms with E-state index < -0.39 is 111 Å². The molecule has 26 nitrogen and oxygen atoms in total. The van der Waals surface area contributed by atoms with Gasteiger partial charge in [-0.05, 0) is 82.9 Å². The number of benzene rings is 6. The Morgan fingerprint density at radius 1 is 0.676 bits per heavy atom. The maximum Gasteiger partial charge on any atom is 1.00 e. The van der Waals surface area contributed by atoms with Gasteiger partial charge in [0.25, 0.3) is 20.2 Å². The van der Waals surface area contributed by atoms with Gasteiger partial charge >= 0.3 is 118 Å². The minimum atomic E-state index is -5.33. The number of fused-ring (bicyclic) bond motifs is 2. The van der Waals surface area contributed by atoms with Crippen LogP contribution in [0.3, 0.4) is 0 Å². The smallest absolute Gasteiger partial charge is 0.871 e. The monoisotopic (exact) mass is 1130 g/mol. The molecule has 0 spiro atoms. The zero-order valence-electron chi connectivity index (χ0n) is 39.3. The summed E-state index contributed by atoms with van der Waals surface area (Å²) >= 11 is 0. The van der Waals surface area contributed by atoms with Gasteiger partial charge in [0.15, 0.2) is 0 Å². The Balaban J connectivity index is 0.00000296. The molecule has 364 valence electrons. The maximum atomic E-state index is 14.2. The van der Waals surface area contributed by atoms with Crippen molar-refractivity contribution < 1.29 is 190 Å². The van der Waals surface area contributed by atoms with Crippen LogP contribution >= 0.6 is 0 Å². The normalized spacial score (nSPS) is 13.5. The average molecular weight is 1130 g/mol. The molecule has 1 saturated heterocycles. The third kappa shape index (κ3) is 14.5. The van der Waals surface area contributed by atoms with Gasteiger partial charge in [0.1, 0.15) is 41.5 Å². The number of aromatic nitrogens is 3. The Morgan fingerprint density at radius 3 is 1.91 bits per heavy atom. The number of azo groups is 2. The number of hydrogen-bond donors (Lipinski definition) is 4. The molecule has 0 radical (unpaired) electrons. The zero-order valence-corrected chi connectivity index (χ0v) is 50.6. The van der Waals surface area contributed by atoms with E-state index in [0.29, 0.717) is 6.07 Å². The van der Waals surface area contributed by atoms with Gasteiger partial charge < -0.3 is 39.0 Å².